The van der Waals surface area contributed by atoms with Crippen LogP contribution in [0.5, 0.6) is 0 Å². The van der Waals surface area contributed by atoms with Gasteiger partial charge in [0.15, 0.2) is 0 Å². The van der Waals surface area contributed by atoms with Crippen LogP contribution in [0.1, 0.15) is 51.9 Å². The maximum absolute atomic E-state index is 12.4. The second-order valence-corrected chi connectivity index (χ2v) is 6.63. The summed E-state index contributed by atoms with van der Waals surface area (Å²) in [7, 11) is 0. The SMILES string of the molecule is CC1CCN(C(=O)CC2(CC(=O)O)CCCC2)CC1O. The van der Waals surface area contributed by atoms with Gasteiger partial charge < -0.3 is 15.1 Å². The van der Waals surface area contributed by atoms with Gasteiger partial charge in [0, 0.05) is 19.5 Å². The first-order chi connectivity index (χ1) is 9.42. The van der Waals surface area contributed by atoms with E-state index in [9.17, 15) is 14.7 Å². The molecule has 2 rings (SSSR count). The Morgan fingerprint density at radius 2 is 1.90 bits per heavy atom. The van der Waals surface area contributed by atoms with Gasteiger partial charge in [-0.3, -0.25) is 9.59 Å². The van der Waals surface area contributed by atoms with Crippen molar-refractivity contribution in [3.63, 3.8) is 0 Å². The number of carbonyl (C=O) groups is 2. The Labute approximate surface area is 120 Å². The summed E-state index contributed by atoms with van der Waals surface area (Å²) in [5, 5.41) is 19.0. The predicted octanol–water partition coefficient (Wildman–Crippen LogP) is 1.64. The highest BCUT2D eigenvalue weighted by atomic mass is 16.4. The lowest BCUT2D eigenvalue weighted by atomic mass is 9.79. The number of nitrogens with zero attached hydrogens (tertiary/aromatic N) is 1. The molecule has 2 fully saturated rings. The molecule has 1 aliphatic carbocycles. The summed E-state index contributed by atoms with van der Waals surface area (Å²) in [6, 6.07) is 0. The van der Waals surface area contributed by atoms with Crippen molar-refractivity contribution in [1.82, 2.24) is 4.90 Å². The third-order valence-electron chi connectivity index (χ3n) is 4.99. The minimum atomic E-state index is -0.813. The van der Waals surface area contributed by atoms with Crippen LogP contribution in [-0.2, 0) is 9.59 Å². The maximum Gasteiger partial charge on any atom is 0.303 e. The molecular weight excluding hydrogens is 258 g/mol. The Bertz CT molecular complexity index is 376. The molecule has 0 radical (unpaired) electrons. The fourth-order valence-electron chi connectivity index (χ4n) is 3.57. The average molecular weight is 283 g/mol. The summed E-state index contributed by atoms with van der Waals surface area (Å²) in [4.78, 5) is 25.2. The number of piperidine rings is 1. The third-order valence-corrected chi connectivity index (χ3v) is 4.99. The highest BCUT2D eigenvalue weighted by molar-refractivity contribution is 5.78. The molecule has 1 saturated carbocycles. The molecule has 1 aliphatic heterocycles. The molecular formula is C15H25NO4. The van der Waals surface area contributed by atoms with E-state index < -0.39 is 12.1 Å². The van der Waals surface area contributed by atoms with Gasteiger partial charge in [-0.2, -0.15) is 0 Å². The molecule has 2 unspecified atom stereocenters. The van der Waals surface area contributed by atoms with E-state index in [4.69, 9.17) is 5.11 Å². The first-order valence-electron chi connectivity index (χ1n) is 7.59. The number of amides is 1. The number of aliphatic carboxylic acids is 1. The van der Waals surface area contributed by atoms with Crippen LogP contribution in [0.25, 0.3) is 0 Å². The first kappa shape index (κ1) is 15.3. The second-order valence-electron chi connectivity index (χ2n) is 6.63. The van der Waals surface area contributed by atoms with Gasteiger partial charge in [-0.15, -0.1) is 0 Å². The van der Waals surface area contributed by atoms with Gasteiger partial charge in [-0.1, -0.05) is 19.8 Å². The molecule has 1 heterocycles. The Morgan fingerprint density at radius 3 is 2.45 bits per heavy atom. The van der Waals surface area contributed by atoms with Gasteiger partial charge in [0.1, 0.15) is 0 Å². The van der Waals surface area contributed by atoms with Crippen molar-refractivity contribution in [2.24, 2.45) is 11.3 Å². The molecule has 5 nitrogen and oxygen atoms in total. The van der Waals surface area contributed by atoms with Gasteiger partial charge in [0.2, 0.25) is 5.91 Å². The zero-order valence-electron chi connectivity index (χ0n) is 12.2. The lowest BCUT2D eigenvalue weighted by molar-refractivity contribution is -0.142. The van der Waals surface area contributed by atoms with Crippen LogP contribution in [-0.4, -0.2) is 46.2 Å². The molecule has 0 bridgehead atoms. The van der Waals surface area contributed by atoms with E-state index in [1.54, 1.807) is 4.90 Å². The minimum Gasteiger partial charge on any atom is -0.481 e. The quantitative estimate of drug-likeness (QED) is 0.822. The highest BCUT2D eigenvalue weighted by Gasteiger charge is 2.39. The van der Waals surface area contributed by atoms with Gasteiger partial charge >= 0.3 is 5.97 Å². The van der Waals surface area contributed by atoms with Gasteiger partial charge in [-0.05, 0) is 30.6 Å². The smallest absolute Gasteiger partial charge is 0.303 e. The van der Waals surface area contributed by atoms with Crippen LogP contribution >= 0.6 is 0 Å². The fourth-order valence-corrected chi connectivity index (χ4v) is 3.57. The van der Waals surface area contributed by atoms with Crippen LogP contribution in [0.15, 0.2) is 0 Å². The van der Waals surface area contributed by atoms with Crippen molar-refractivity contribution in [3.8, 4) is 0 Å². The number of hydrogen-bond acceptors (Lipinski definition) is 3. The Morgan fingerprint density at radius 1 is 1.25 bits per heavy atom. The number of hydrogen-bond donors (Lipinski definition) is 2. The number of aliphatic hydroxyl groups is 1. The summed E-state index contributed by atoms with van der Waals surface area (Å²) >= 11 is 0. The summed E-state index contributed by atoms with van der Waals surface area (Å²) in [5.41, 5.74) is -0.350. The lowest BCUT2D eigenvalue weighted by Crippen LogP contribution is -2.47. The molecule has 2 aliphatic rings. The van der Waals surface area contributed by atoms with Gasteiger partial charge in [0.05, 0.1) is 12.5 Å². The summed E-state index contributed by atoms with van der Waals surface area (Å²) < 4.78 is 0. The topological polar surface area (TPSA) is 77.8 Å². The molecule has 0 aromatic carbocycles. The Balaban J connectivity index is 1.96. The maximum atomic E-state index is 12.4. The van der Waals surface area contributed by atoms with E-state index in [1.807, 2.05) is 6.92 Å². The molecule has 1 saturated heterocycles. The Hall–Kier alpha value is -1.10. The fraction of sp³-hybridized carbons (Fsp3) is 0.867. The van der Waals surface area contributed by atoms with Gasteiger partial charge in [0.25, 0.3) is 0 Å². The van der Waals surface area contributed by atoms with Crippen molar-refractivity contribution in [2.75, 3.05) is 13.1 Å². The number of aliphatic hydroxyl groups excluding tert-OH is 1. The number of β-amino-alcohol motifs (C(OH)–C–C–N with tert-alkyl or cyclic N) is 1. The minimum absolute atomic E-state index is 0.0131. The van der Waals surface area contributed by atoms with Gasteiger partial charge in [-0.25, -0.2) is 0 Å². The van der Waals surface area contributed by atoms with Crippen molar-refractivity contribution >= 4 is 11.9 Å². The molecule has 0 aromatic heterocycles. The average Bonchev–Trinajstić information content (AvgIpc) is 2.79. The van der Waals surface area contributed by atoms with Crippen molar-refractivity contribution in [1.29, 1.82) is 0 Å². The second kappa shape index (κ2) is 6.12. The molecule has 114 valence electrons. The monoisotopic (exact) mass is 283 g/mol. The van der Waals surface area contributed by atoms with Crippen molar-refractivity contribution in [2.45, 2.75) is 58.0 Å². The van der Waals surface area contributed by atoms with Crippen molar-refractivity contribution < 1.29 is 19.8 Å². The van der Waals surface area contributed by atoms with Crippen LogP contribution in [0.3, 0.4) is 0 Å². The van der Waals surface area contributed by atoms with E-state index in [0.717, 1.165) is 32.1 Å². The molecule has 1 amide bonds. The van der Waals surface area contributed by atoms with Crippen molar-refractivity contribution in [3.05, 3.63) is 0 Å². The molecule has 0 aromatic rings. The zero-order valence-corrected chi connectivity index (χ0v) is 12.2. The number of carboxylic acid groups (broad SMARTS) is 1. The standard InChI is InChI=1S/C15H25NO4/c1-11-4-7-16(10-12(11)17)13(18)8-15(9-14(19)20)5-2-3-6-15/h11-12,17H,2-10H2,1H3,(H,19,20). The van der Waals surface area contributed by atoms with E-state index in [1.165, 1.54) is 0 Å². The molecule has 2 N–H and O–H groups in total. The normalized spacial score (nSPS) is 29.4. The lowest BCUT2D eigenvalue weighted by Gasteiger charge is -2.36. The largest absolute Gasteiger partial charge is 0.481 e. The molecule has 0 spiro atoms. The van der Waals surface area contributed by atoms with E-state index in [-0.39, 0.29) is 23.7 Å². The van der Waals surface area contributed by atoms with Crippen LogP contribution in [0, 0.1) is 11.3 Å². The van der Waals surface area contributed by atoms with Crippen LogP contribution in [0.2, 0.25) is 0 Å². The number of carboxylic acids is 1. The number of likely N-dealkylation sites (tertiary alicyclic amines) is 1. The molecule has 2 atom stereocenters. The highest BCUT2D eigenvalue weighted by Crippen LogP contribution is 2.44. The van der Waals surface area contributed by atoms with E-state index in [2.05, 4.69) is 0 Å². The summed E-state index contributed by atoms with van der Waals surface area (Å²) in [5.74, 6) is -0.565. The first-order valence-corrected chi connectivity index (χ1v) is 7.59. The Kier molecular flexibility index (Phi) is 4.68. The predicted molar refractivity (Wildman–Crippen MR) is 74.1 cm³/mol. The third kappa shape index (κ3) is 3.51. The van der Waals surface area contributed by atoms with E-state index in [0.29, 0.717) is 19.5 Å². The number of rotatable bonds is 4. The molecule has 20 heavy (non-hydrogen) atoms. The van der Waals surface area contributed by atoms with Crippen LogP contribution in [0.4, 0.5) is 0 Å². The summed E-state index contributed by atoms with van der Waals surface area (Å²) in [6.07, 6.45) is 4.47. The summed E-state index contributed by atoms with van der Waals surface area (Å²) in [6.45, 7) is 3.07. The number of carbonyl (C=O) groups excluding carboxylic acids is 1. The molecule has 5 heteroatoms. The van der Waals surface area contributed by atoms with E-state index >= 15 is 0 Å². The zero-order chi connectivity index (χ0) is 14.8. The van der Waals surface area contributed by atoms with Crippen LogP contribution < -0.4 is 0 Å².